The van der Waals surface area contributed by atoms with Gasteiger partial charge in [0, 0.05) is 38.0 Å². The zero-order valence-electron chi connectivity index (χ0n) is 19.4. The van der Waals surface area contributed by atoms with Crippen LogP contribution in [0.3, 0.4) is 0 Å². The summed E-state index contributed by atoms with van der Waals surface area (Å²) in [7, 11) is 3.28. The summed E-state index contributed by atoms with van der Waals surface area (Å²) in [4.78, 5) is 11.4. The Morgan fingerprint density at radius 2 is 1.27 bits per heavy atom. The second-order valence-corrected chi connectivity index (χ2v) is 7.31. The van der Waals surface area contributed by atoms with E-state index >= 15 is 0 Å². The molecular formula is C27H29O5U-. The fraction of sp³-hybridized carbons (Fsp3) is 0.259. The molecule has 0 saturated heterocycles. The largest absolute Gasteiger partial charge is 0.635 e. The molecule has 0 amide bonds. The van der Waals surface area contributed by atoms with Crippen molar-refractivity contribution in [3.8, 4) is 11.5 Å². The van der Waals surface area contributed by atoms with Crippen molar-refractivity contribution in [2.24, 2.45) is 0 Å². The number of rotatable bonds is 10. The van der Waals surface area contributed by atoms with E-state index in [0.29, 0.717) is 6.42 Å². The first-order valence-electron chi connectivity index (χ1n) is 10.6. The third kappa shape index (κ3) is 6.41. The second-order valence-electron chi connectivity index (χ2n) is 7.31. The van der Waals surface area contributed by atoms with Gasteiger partial charge in [0.15, 0.2) is 0 Å². The van der Waals surface area contributed by atoms with E-state index in [2.05, 4.69) is 0 Å². The maximum absolute atomic E-state index is 11.4. The van der Waals surface area contributed by atoms with Gasteiger partial charge in [0.2, 0.25) is 0 Å². The van der Waals surface area contributed by atoms with Gasteiger partial charge in [-0.1, -0.05) is 67.9 Å². The molecule has 0 radical (unpaired) electrons. The van der Waals surface area contributed by atoms with Gasteiger partial charge in [-0.25, -0.2) is 0 Å². The van der Waals surface area contributed by atoms with Gasteiger partial charge < -0.3 is 18.9 Å². The van der Waals surface area contributed by atoms with E-state index in [1.54, 1.807) is 14.2 Å². The quantitative estimate of drug-likeness (QED) is 0.162. The number of methoxy groups -OCH3 is 2. The van der Waals surface area contributed by atoms with Crippen molar-refractivity contribution in [3.05, 3.63) is 102 Å². The number of hydrogen-bond acceptors (Lipinski definition) is 5. The monoisotopic (exact) mass is 671 g/mol. The molecule has 1 unspecified atom stereocenters. The summed E-state index contributed by atoms with van der Waals surface area (Å²) in [6.45, 7) is 4.83. The Morgan fingerprint density at radius 3 is 1.67 bits per heavy atom. The van der Waals surface area contributed by atoms with Crippen LogP contribution in [0.15, 0.2) is 78.9 Å². The second kappa shape index (κ2) is 12.8. The minimum atomic E-state index is -0.961. The van der Waals surface area contributed by atoms with Crippen LogP contribution >= 0.6 is 0 Å². The van der Waals surface area contributed by atoms with Crippen LogP contribution in [0.25, 0.3) is 0 Å². The van der Waals surface area contributed by atoms with Crippen molar-refractivity contribution >= 4 is 5.97 Å². The van der Waals surface area contributed by atoms with Crippen LogP contribution < -0.4 is 9.47 Å². The summed E-state index contributed by atoms with van der Waals surface area (Å²) in [6, 6.07) is 25.6. The molecule has 3 aromatic rings. The van der Waals surface area contributed by atoms with Crippen molar-refractivity contribution in [2.45, 2.75) is 32.0 Å². The summed E-state index contributed by atoms with van der Waals surface area (Å²) in [6.07, 6.45) is 0.178. The third-order valence-electron chi connectivity index (χ3n) is 5.29. The molecule has 0 aromatic heterocycles. The van der Waals surface area contributed by atoms with Crippen molar-refractivity contribution < 1.29 is 54.9 Å². The number of esters is 1. The Bertz CT molecular complexity index is 940. The van der Waals surface area contributed by atoms with Crippen molar-refractivity contribution in [2.75, 3.05) is 14.2 Å². The first-order chi connectivity index (χ1) is 15.5. The molecule has 0 bridgehead atoms. The van der Waals surface area contributed by atoms with E-state index in [1.165, 1.54) is 13.5 Å². The van der Waals surface area contributed by atoms with Crippen LogP contribution in [0.5, 0.6) is 11.5 Å². The van der Waals surface area contributed by atoms with Gasteiger partial charge in [-0.3, -0.25) is 4.79 Å². The van der Waals surface area contributed by atoms with E-state index in [1.807, 2.05) is 85.8 Å². The maximum Gasteiger partial charge on any atom is 0.271 e. The normalized spacial score (nSPS) is 11.8. The molecule has 0 aliphatic heterocycles. The van der Waals surface area contributed by atoms with Gasteiger partial charge in [-0.15, -0.1) is 6.61 Å². The molecule has 6 heteroatoms. The number of benzene rings is 3. The smallest absolute Gasteiger partial charge is 0.271 e. The number of carbonyl (C=O) groups excluding carboxylic acids is 1. The zero-order valence-corrected chi connectivity index (χ0v) is 23.6. The van der Waals surface area contributed by atoms with Gasteiger partial charge in [0.1, 0.15) is 17.1 Å². The molecule has 1 atom stereocenters. The molecule has 0 aliphatic rings. The molecule has 33 heavy (non-hydrogen) atoms. The van der Waals surface area contributed by atoms with Crippen LogP contribution in [0, 0.1) is 37.7 Å². The Balaban J connectivity index is 0.00000385. The molecule has 0 spiro atoms. The van der Waals surface area contributed by atoms with E-state index in [4.69, 9.17) is 18.9 Å². The SMILES string of the molecule is CCC([CH-]OC(C)=O)OC(c1ccccc1)(c1ccc(OC)cc1)c1ccc(OC)cc1.[U]. The van der Waals surface area contributed by atoms with Gasteiger partial charge in [0.05, 0.1) is 14.2 Å². The predicted octanol–water partition coefficient (Wildman–Crippen LogP) is 5.52. The summed E-state index contributed by atoms with van der Waals surface area (Å²) < 4.78 is 22.8. The average molecular weight is 672 g/mol. The maximum atomic E-state index is 11.4. The molecule has 172 valence electrons. The number of hydrogen-bond donors (Lipinski definition) is 0. The fourth-order valence-corrected chi connectivity index (χ4v) is 3.63. The third-order valence-corrected chi connectivity index (χ3v) is 5.29. The summed E-state index contributed by atoms with van der Waals surface area (Å²) in [5.74, 6) is 1.12. The van der Waals surface area contributed by atoms with E-state index in [-0.39, 0.29) is 37.1 Å². The van der Waals surface area contributed by atoms with Crippen molar-refractivity contribution in [1.29, 1.82) is 0 Å². The zero-order chi connectivity index (χ0) is 23.0. The average Bonchev–Trinajstić information content (AvgIpc) is 2.85. The molecule has 0 fully saturated rings. The van der Waals surface area contributed by atoms with Gasteiger partial charge in [-0.05, 0) is 47.1 Å². The molecule has 5 nitrogen and oxygen atoms in total. The Kier molecular flexibility index (Phi) is 10.5. The Hall–Kier alpha value is -2.26. The first kappa shape index (κ1) is 27.0. The standard InChI is InChI=1S/C27H29O5.U/c1-5-24(19-31-20(2)28)32-27(21-9-7-6-8-10-21,22-11-15-25(29-3)16-12-22)23-13-17-26(30-4)18-14-23;/h6-19,24H,5H2,1-4H3;/q-1;. The molecule has 0 N–H and O–H groups in total. The Morgan fingerprint density at radius 1 is 0.818 bits per heavy atom. The molecule has 3 rings (SSSR count). The summed E-state index contributed by atoms with van der Waals surface area (Å²) >= 11 is 0. The molecule has 0 heterocycles. The number of carbonyl (C=O) groups is 1. The van der Waals surface area contributed by atoms with Crippen molar-refractivity contribution in [1.82, 2.24) is 0 Å². The topological polar surface area (TPSA) is 54.0 Å². The van der Waals surface area contributed by atoms with Crippen LogP contribution in [0.1, 0.15) is 37.0 Å². The van der Waals surface area contributed by atoms with E-state index in [0.717, 1.165) is 28.2 Å². The van der Waals surface area contributed by atoms with Crippen molar-refractivity contribution in [3.63, 3.8) is 0 Å². The van der Waals surface area contributed by atoms with E-state index < -0.39 is 11.7 Å². The first-order valence-corrected chi connectivity index (χ1v) is 10.6. The molecule has 3 aromatic carbocycles. The van der Waals surface area contributed by atoms with Crippen LogP contribution in [0.4, 0.5) is 0 Å². The molecule has 0 saturated carbocycles. The number of ether oxygens (including phenoxy) is 4. The Labute approximate surface area is 219 Å². The van der Waals surface area contributed by atoms with Gasteiger partial charge in [0.25, 0.3) is 5.97 Å². The summed E-state index contributed by atoms with van der Waals surface area (Å²) in [5.41, 5.74) is 1.83. The van der Waals surface area contributed by atoms with Crippen LogP contribution in [-0.2, 0) is 19.9 Å². The van der Waals surface area contributed by atoms with Crippen LogP contribution in [-0.4, -0.2) is 26.3 Å². The van der Waals surface area contributed by atoms with Crippen LogP contribution in [0.2, 0.25) is 0 Å². The molecule has 0 aliphatic carbocycles. The minimum absolute atomic E-state index is 0. The fourth-order valence-electron chi connectivity index (χ4n) is 3.63. The van der Waals surface area contributed by atoms with E-state index in [9.17, 15) is 4.79 Å². The van der Waals surface area contributed by atoms with Gasteiger partial charge in [-0.2, -0.15) is 0 Å². The predicted molar refractivity (Wildman–Crippen MR) is 124 cm³/mol. The van der Waals surface area contributed by atoms with Gasteiger partial charge >= 0.3 is 0 Å². The summed E-state index contributed by atoms with van der Waals surface area (Å²) in [5, 5.41) is 0. The minimum Gasteiger partial charge on any atom is -0.635 e. The molecular weight excluding hydrogens is 642 g/mol.